The zero-order chi connectivity index (χ0) is 42.7. The Bertz CT molecular complexity index is 2290. The van der Waals surface area contributed by atoms with Crippen LogP contribution in [-0.4, -0.2) is 0 Å². The third-order valence-electron chi connectivity index (χ3n) is 12.4. The number of rotatable bonds is 10. The SMILES string of the molecule is C=C(C)C(C(=C)CC)(C(C)(C)C)C1(C(C)(C)C)c2cc(N(c3ccc(F)cc3)c3ccc(F)cc3)ccc2-c2ccc(N(c3ccc(F)cc3)c3ccc(F)cc3)cc21. The molecule has 1 aliphatic rings. The fraction of sp³-hybridized carbons (Fsp3) is 0.245. The van der Waals surface area contributed by atoms with Gasteiger partial charge in [0.2, 0.25) is 0 Å². The van der Waals surface area contributed by atoms with Gasteiger partial charge in [0.1, 0.15) is 23.3 Å². The maximum atomic E-state index is 14.4. The van der Waals surface area contributed by atoms with E-state index < -0.39 is 21.7 Å². The minimum atomic E-state index is -0.831. The van der Waals surface area contributed by atoms with Crippen molar-refractivity contribution in [3.63, 3.8) is 0 Å². The number of benzene rings is 6. The quantitative estimate of drug-likeness (QED) is 0.101. The summed E-state index contributed by atoms with van der Waals surface area (Å²) in [5, 5.41) is 0. The maximum absolute atomic E-state index is 14.4. The van der Waals surface area contributed by atoms with E-state index in [0.29, 0.717) is 29.2 Å². The molecule has 0 radical (unpaired) electrons. The second-order valence-corrected chi connectivity index (χ2v) is 17.8. The highest BCUT2D eigenvalue weighted by Gasteiger charge is 2.68. The standard InChI is InChI=1S/C53H52F4N2/c1-11-35(4)52(34(2)3,50(5,6)7)53(51(8,9)10)48-32-44(58(40-20-12-36(54)13-21-40)41-22-14-37(55)15-23-41)28-30-46(48)47-31-29-45(33-49(47)53)59(42-24-16-38(56)17-25-42)43-26-18-39(57)19-27-43/h12-33H,2,4,11H2,1,3,5-10H3. The highest BCUT2D eigenvalue weighted by atomic mass is 19.1. The summed E-state index contributed by atoms with van der Waals surface area (Å²) >= 11 is 0. The summed E-state index contributed by atoms with van der Waals surface area (Å²) in [6.45, 7) is 27.7. The molecule has 1 aliphatic carbocycles. The van der Waals surface area contributed by atoms with E-state index in [1.54, 1.807) is 48.5 Å². The minimum absolute atomic E-state index is 0.357. The molecular formula is C53H52F4N2. The fourth-order valence-electron chi connectivity index (χ4n) is 10.5. The van der Waals surface area contributed by atoms with Gasteiger partial charge in [0, 0.05) is 45.0 Å². The summed E-state index contributed by atoms with van der Waals surface area (Å²) < 4.78 is 57.7. The smallest absolute Gasteiger partial charge is 0.123 e. The molecule has 0 fully saturated rings. The van der Waals surface area contributed by atoms with Gasteiger partial charge in [0.05, 0.1) is 0 Å². The van der Waals surface area contributed by atoms with Crippen LogP contribution in [-0.2, 0) is 5.41 Å². The molecule has 1 atom stereocenters. The lowest BCUT2D eigenvalue weighted by Crippen LogP contribution is -2.60. The van der Waals surface area contributed by atoms with Crippen molar-refractivity contribution >= 4 is 34.1 Å². The average Bonchev–Trinajstić information content (AvgIpc) is 3.47. The third-order valence-corrected chi connectivity index (χ3v) is 12.4. The number of fused-ring (bicyclic) bond motifs is 3. The van der Waals surface area contributed by atoms with E-state index >= 15 is 0 Å². The monoisotopic (exact) mass is 792 g/mol. The lowest BCUT2D eigenvalue weighted by Gasteiger charge is -2.64. The molecular weight excluding hydrogens is 741 g/mol. The summed E-state index contributed by atoms with van der Waals surface area (Å²) in [6.07, 6.45) is 0.695. The van der Waals surface area contributed by atoms with E-state index in [9.17, 15) is 17.6 Å². The summed E-state index contributed by atoms with van der Waals surface area (Å²) in [5.74, 6) is -1.43. The number of allylic oxidation sites excluding steroid dienone is 2. The summed E-state index contributed by atoms with van der Waals surface area (Å²) in [6, 6.07) is 38.3. The van der Waals surface area contributed by atoms with Gasteiger partial charge in [-0.15, -0.1) is 0 Å². The van der Waals surface area contributed by atoms with Gasteiger partial charge in [-0.25, -0.2) is 17.6 Å². The zero-order valence-corrected chi connectivity index (χ0v) is 35.2. The highest BCUT2D eigenvalue weighted by Crippen LogP contribution is 2.74. The summed E-state index contributed by atoms with van der Waals surface area (Å²) in [4.78, 5) is 4.06. The number of halogens is 4. The van der Waals surface area contributed by atoms with Gasteiger partial charge in [-0.3, -0.25) is 0 Å². The predicted octanol–water partition coefficient (Wildman–Crippen LogP) is 16.1. The molecule has 0 bridgehead atoms. The molecule has 59 heavy (non-hydrogen) atoms. The van der Waals surface area contributed by atoms with Crippen molar-refractivity contribution in [2.75, 3.05) is 9.80 Å². The fourth-order valence-corrected chi connectivity index (χ4v) is 10.5. The first-order valence-corrected chi connectivity index (χ1v) is 20.1. The lowest BCUT2D eigenvalue weighted by atomic mass is 9.38. The number of hydrogen-bond acceptors (Lipinski definition) is 2. The molecule has 0 spiro atoms. The topological polar surface area (TPSA) is 6.48 Å². The average molecular weight is 793 g/mol. The Kier molecular flexibility index (Phi) is 10.5. The van der Waals surface area contributed by atoms with Gasteiger partial charge in [0.15, 0.2) is 0 Å². The van der Waals surface area contributed by atoms with Crippen molar-refractivity contribution in [3.05, 3.63) is 192 Å². The number of hydrogen-bond donors (Lipinski definition) is 0. The second-order valence-electron chi connectivity index (χ2n) is 17.8. The number of anilines is 6. The Balaban J connectivity index is 1.62. The molecule has 0 saturated carbocycles. The van der Waals surface area contributed by atoms with Crippen LogP contribution in [0.1, 0.15) is 72.9 Å². The Hall–Kier alpha value is -5.88. The molecule has 0 N–H and O–H groups in total. The Morgan fingerprint density at radius 2 is 0.780 bits per heavy atom. The molecule has 1 unspecified atom stereocenters. The van der Waals surface area contributed by atoms with Gasteiger partial charge in [-0.05, 0) is 168 Å². The van der Waals surface area contributed by atoms with Crippen LogP contribution in [0.5, 0.6) is 0 Å². The molecule has 2 nitrogen and oxygen atoms in total. The molecule has 0 aliphatic heterocycles. The second kappa shape index (κ2) is 15.1. The van der Waals surface area contributed by atoms with E-state index in [1.165, 1.54) is 48.5 Å². The van der Waals surface area contributed by atoms with Crippen LogP contribution in [0.3, 0.4) is 0 Å². The van der Waals surface area contributed by atoms with E-state index in [0.717, 1.165) is 44.8 Å². The predicted molar refractivity (Wildman–Crippen MR) is 237 cm³/mol. The van der Waals surface area contributed by atoms with Gasteiger partial charge in [-0.1, -0.05) is 84.9 Å². The van der Waals surface area contributed by atoms with Crippen molar-refractivity contribution in [2.24, 2.45) is 16.2 Å². The maximum Gasteiger partial charge on any atom is 0.123 e. The lowest BCUT2D eigenvalue weighted by molar-refractivity contribution is 0.0158. The Morgan fingerprint density at radius 1 is 0.492 bits per heavy atom. The Labute approximate surface area is 347 Å². The largest absolute Gasteiger partial charge is 0.310 e. The molecule has 0 heterocycles. The van der Waals surface area contributed by atoms with Gasteiger partial charge < -0.3 is 9.80 Å². The first-order chi connectivity index (χ1) is 27.9. The van der Waals surface area contributed by atoms with Crippen molar-refractivity contribution in [1.82, 2.24) is 0 Å². The Morgan fingerprint density at radius 3 is 1.02 bits per heavy atom. The number of nitrogens with zero attached hydrogens (tertiary/aromatic N) is 2. The van der Waals surface area contributed by atoms with Crippen LogP contribution in [0.15, 0.2) is 158 Å². The van der Waals surface area contributed by atoms with Crippen molar-refractivity contribution in [3.8, 4) is 11.1 Å². The first-order valence-electron chi connectivity index (χ1n) is 20.1. The van der Waals surface area contributed by atoms with Gasteiger partial charge in [0.25, 0.3) is 0 Å². The normalized spacial score (nSPS) is 14.2. The molecule has 7 rings (SSSR count). The first kappa shape index (κ1) is 41.3. The van der Waals surface area contributed by atoms with E-state index in [1.807, 2.05) is 9.80 Å². The van der Waals surface area contributed by atoms with Crippen molar-refractivity contribution in [1.29, 1.82) is 0 Å². The molecule has 0 amide bonds. The summed E-state index contributed by atoms with van der Waals surface area (Å²) in [7, 11) is 0. The van der Waals surface area contributed by atoms with Crippen LogP contribution in [0, 0.1) is 39.5 Å². The van der Waals surface area contributed by atoms with E-state index in [2.05, 4.69) is 91.8 Å². The molecule has 6 aromatic rings. The molecule has 0 saturated heterocycles. The zero-order valence-electron chi connectivity index (χ0n) is 35.2. The van der Waals surface area contributed by atoms with Crippen molar-refractivity contribution < 1.29 is 17.6 Å². The van der Waals surface area contributed by atoms with Gasteiger partial charge >= 0.3 is 0 Å². The molecule has 302 valence electrons. The highest BCUT2D eigenvalue weighted by molar-refractivity contribution is 5.90. The summed E-state index contributed by atoms with van der Waals surface area (Å²) in [5.41, 5.74) is 8.23. The molecule has 0 aromatic heterocycles. The minimum Gasteiger partial charge on any atom is -0.310 e. The third kappa shape index (κ3) is 6.57. The van der Waals surface area contributed by atoms with Crippen molar-refractivity contribution in [2.45, 2.75) is 67.2 Å². The van der Waals surface area contributed by atoms with Crippen LogP contribution < -0.4 is 9.80 Å². The van der Waals surface area contributed by atoms with E-state index in [4.69, 9.17) is 13.2 Å². The van der Waals surface area contributed by atoms with Gasteiger partial charge in [-0.2, -0.15) is 0 Å². The van der Waals surface area contributed by atoms with Crippen LogP contribution in [0.4, 0.5) is 51.7 Å². The molecule has 6 heteroatoms. The van der Waals surface area contributed by atoms with Crippen LogP contribution in [0.2, 0.25) is 0 Å². The van der Waals surface area contributed by atoms with Crippen LogP contribution in [0.25, 0.3) is 11.1 Å². The van der Waals surface area contributed by atoms with E-state index in [-0.39, 0.29) is 23.3 Å². The van der Waals surface area contributed by atoms with Crippen LogP contribution >= 0.6 is 0 Å². The molecule has 6 aromatic carbocycles.